The minimum atomic E-state index is -0.224. The Morgan fingerprint density at radius 3 is 2.74 bits per heavy atom. The number of halogens is 1. The van der Waals surface area contributed by atoms with Gasteiger partial charge in [-0.3, -0.25) is 9.89 Å². The van der Waals surface area contributed by atoms with E-state index in [0.29, 0.717) is 10.7 Å². The van der Waals surface area contributed by atoms with Gasteiger partial charge >= 0.3 is 6.03 Å². The number of hydrogen-bond donors (Lipinski definition) is 1. The first-order valence-corrected chi connectivity index (χ1v) is 7.98. The second-order valence-electron chi connectivity index (χ2n) is 5.52. The zero-order valence-corrected chi connectivity index (χ0v) is 13.7. The molecule has 0 saturated carbocycles. The molecule has 0 aliphatic carbocycles. The van der Waals surface area contributed by atoms with E-state index < -0.39 is 0 Å². The van der Waals surface area contributed by atoms with Crippen LogP contribution in [0.1, 0.15) is 18.4 Å². The van der Waals surface area contributed by atoms with Crippen LogP contribution in [0.2, 0.25) is 5.02 Å². The van der Waals surface area contributed by atoms with E-state index in [-0.39, 0.29) is 6.03 Å². The predicted octanol–water partition coefficient (Wildman–Crippen LogP) is 4.88. The van der Waals surface area contributed by atoms with Crippen LogP contribution in [0.4, 0.5) is 16.2 Å². The Morgan fingerprint density at radius 2 is 2.04 bits per heavy atom. The van der Waals surface area contributed by atoms with E-state index in [0.717, 1.165) is 36.5 Å². The molecular formula is C18H18ClN3O. The van der Waals surface area contributed by atoms with Gasteiger partial charge in [0.15, 0.2) is 0 Å². The molecule has 0 fully saturated rings. The molecule has 0 spiro atoms. The molecule has 4 nitrogen and oxygen atoms in total. The summed E-state index contributed by atoms with van der Waals surface area (Å²) in [6.45, 7) is 2.77. The molecule has 2 aromatic carbocycles. The molecule has 1 heterocycles. The Hall–Kier alpha value is -2.33. The summed E-state index contributed by atoms with van der Waals surface area (Å²) in [6.07, 6.45) is 1.78. The topological polar surface area (TPSA) is 44.7 Å². The van der Waals surface area contributed by atoms with Crippen molar-refractivity contribution in [3.05, 3.63) is 59.1 Å². The highest BCUT2D eigenvalue weighted by molar-refractivity contribution is 6.31. The lowest BCUT2D eigenvalue weighted by atomic mass is 10.2. The smallest absolute Gasteiger partial charge is 0.307 e. The highest BCUT2D eigenvalue weighted by Gasteiger charge is 2.23. The minimum absolute atomic E-state index is 0.224. The average molecular weight is 328 g/mol. The van der Waals surface area contributed by atoms with Gasteiger partial charge in [0.05, 0.1) is 5.69 Å². The lowest BCUT2D eigenvalue weighted by Crippen LogP contribution is -2.39. The normalized spacial score (nSPS) is 13.6. The first-order valence-electron chi connectivity index (χ1n) is 7.60. The van der Waals surface area contributed by atoms with Crippen molar-refractivity contribution in [3.63, 3.8) is 0 Å². The SMILES string of the molecule is Cc1cccc(N(C(=O)Nc2cccc(Cl)c2)C2=NCCC2)c1. The van der Waals surface area contributed by atoms with Gasteiger partial charge < -0.3 is 5.32 Å². The number of hydrogen-bond acceptors (Lipinski definition) is 2. The van der Waals surface area contributed by atoms with Gasteiger partial charge in [0.25, 0.3) is 0 Å². The lowest BCUT2D eigenvalue weighted by molar-refractivity contribution is 0.259. The number of nitrogens with zero attached hydrogens (tertiary/aromatic N) is 2. The molecule has 0 atom stereocenters. The van der Waals surface area contributed by atoms with Crippen LogP contribution in [-0.2, 0) is 0 Å². The third-order valence-corrected chi connectivity index (χ3v) is 3.88. The summed E-state index contributed by atoms with van der Waals surface area (Å²) in [5, 5.41) is 3.49. The molecule has 1 aliphatic heterocycles. The number of aryl methyl sites for hydroxylation is 1. The number of benzene rings is 2. The van der Waals surface area contributed by atoms with Crippen LogP contribution in [0.3, 0.4) is 0 Å². The fraction of sp³-hybridized carbons (Fsp3) is 0.222. The number of carbonyl (C=O) groups excluding carboxylic acids is 1. The van der Waals surface area contributed by atoms with Crippen molar-refractivity contribution in [1.29, 1.82) is 0 Å². The van der Waals surface area contributed by atoms with Gasteiger partial charge in [-0.15, -0.1) is 0 Å². The summed E-state index contributed by atoms with van der Waals surface area (Å²) in [5.41, 5.74) is 2.59. The third kappa shape index (κ3) is 3.71. The molecule has 1 aliphatic rings. The van der Waals surface area contributed by atoms with Crippen LogP contribution in [-0.4, -0.2) is 18.4 Å². The Balaban J connectivity index is 1.90. The van der Waals surface area contributed by atoms with Crippen LogP contribution >= 0.6 is 11.6 Å². The number of carbonyl (C=O) groups is 1. The van der Waals surface area contributed by atoms with Crippen LogP contribution in [0.5, 0.6) is 0 Å². The first-order chi connectivity index (χ1) is 11.1. The summed E-state index contributed by atoms with van der Waals surface area (Å²) in [4.78, 5) is 18.9. The number of nitrogens with one attached hydrogen (secondary N) is 1. The third-order valence-electron chi connectivity index (χ3n) is 3.65. The second kappa shape index (κ2) is 6.84. The molecule has 2 aromatic rings. The van der Waals surface area contributed by atoms with Gasteiger partial charge in [-0.2, -0.15) is 0 Å². The van der Waals surface area contributed by atoms with Gasteiger partial charge in [-0.05, 0) is 49.2 Å². The Labute approximate surface area is 140 Å². The molecule has 0 aromatic heterocycles. The largest absolute Gasteiger partial charge is 0.331 e. The standard InChI is InChI=1S/C18H18ClN3O/c1-13-5-2-8-16(11-13)22(17-9-4-10-20-17)18(23)21-15-7-3-6-14(19)12-15/h2-3,5-8,11-12H,4,9-10H2,1H3,(H,21,23). The summed E-state index contributed by atoms with van der Waals surface area (Å²) < 4.78 is 0. The Kier molecular flexibility index (Phi) is 4.63. The molecule has 0 unspecified atom stereocenters. The van der Waals surface area contributed by atoms with Gasteiger partial charge in [-0.1, -0.05) is 29.8 Å². The molecular weight excluding hydrogens is 310 g/mol. The van der Waals surface area contributed by atoms with E-state index >= 15 is 0 Å². The molecule has 0 radical (unpaired) electrons. The number of aliphatic imine (C=N–C) groups is 1. The number of rotatable bonds is 2. The van der Waals surface area contributed by atoms with E-state index in [9.17, 15) is 4.79 Å². The summed E-state index contributed by atoms with van der Waals surface area (Å²) >= 11 is 5.98. The molecule has 5 heteroatoms. The van der Waals surface area contributed by atoms with E-state index in [2.05, 4.69) is 10.3 Å². The van der Waals surface area contributed by atoms with Gasteiger partial charge in [-0.25, -0.2) is 4.79 Å². The van der Waals surface area contributed by atoms with E-state index in [4.69, 9.17) is 11.6 Å². The Morgan fingerprint density at radius 1 is 1.22 bits per heavy atom. The summed E-state index contributed by atoms with van der Waals surface area (Å²) in [5.74, 6) is 0.801. The maximum atomic E-state index is 12.8. The fourth-order valence-electron chi connectivity index (χ4n) is 2.60. The van der Waals surface area contributed by atoms with E-state index in [1.165, 1.54) is 0 Å². The van der Waals surface area contributed by atoms with Crippen LogP contribution in [0.25, 0.3) is 0 Å². The fourth-order valence-corrected chi connectivity index (χ4v) is 2.79. The van der Waals surface area contributed by atoms with E-state index in [1.807, 2.05) is 43.3 Å². The quantitative estimate of drug-likeness (QED) is 0.839. The van der Waals surface area contributed by atoms with Crippen molar-refractivity contribution in [2.75, 3.05) is 16.8 Å². The average Bonchev–Trinajstić information content (AvgIpc) is 3.01. The Bertz CT molecular complexity index is 757. The van der Waals surface area contributed by atoms with Gasteiger partial charge in [0, 0.05) is 23.7 Å². The van der Waals surface area contributed by atoms with Crippen LogP contribution < -0.4 is 10.2 Å². The molecule has 1 N–H and O–H groups in total. The van der Waals surface area contributed by atoms with Crippen LogP contribution in [0, 0.1) is 6.92 Å². The zero-order valence-electron chi connectivity index (χ0n) is 12.9. The maximum absolute atomic E-state index is 12.8. The molecule has 0 bridgehead atoms. The lowest BCUT2D eigenvalue weighted by Gasteiger charge is -2.23. The van der Waals surface area contributed by atoms with Crippen molar-refractivity contribution in [2.45, 2.75) is 19.8 Å². The van der Waals surface area contributed by atoms with Crippen molar-refractivity contribution >= 4 is 34.8 Å². The van der Waals surface area contributed by atoms with Gasteiger partial charge in [0.2, 0.25) is 0 Å². The monoisotopic (exact) mass is 327 g/mol. The number of amides is 2. The minimum Gasteiger partial charge on any atom is -0.307 e. The molecule has 23 heavy (non-hydrogen) atoms. The van der Waals surface area contributed by atoms with Gasteiger partial charge in [0.1, 0.15) is 5.84 Å². The zero-order chi connectivity index (χ0) is 16.2. The highest BCUT2D eigenvalue weighted by Crippen LogP contribution is 2.23. The van der Waals surface area contributed by atoms with Crippen molar-refractivity contribution < 1.29 is 4.79 Å². The van der Waals surface area contributed by atoms with Crippen molar-refractivity contribution in [3.8, 4) is 0 Å². The number of urea groups is 1. The molecule has 3 rings (SSSR count). The second-order valence-corrected chi connectivity index (χ2v) is 5.95. The van der Waals surface area contributed by atoms with Crippen LogP contribution in [0.15, 0.2) is 53.5 Å². The predicted molar refractivity (Wildman–Crippen MR) is 95.7 cm³/mol. The number of amidine groups is 1. The van der Waals surface area contributed by atoms with Crippen molar-refractivity contribution in [1.82, 2.24) is 0 Å². The summed E-state index contributed by atoms with van der Waals surface area (Å²) in [6, 6.07) is 14.8. The number of anilines is 2. The summed E-state index contributed by atoms with van der Waals surface area (Å²) in [7, 11) is 0. The molecule has 0 saturated heterocycles. The molecule has 2 amide bonds. The highest BCUT2D eigenvalue weighted by atomic mass is 35.5. The molecule has 118 valence electrons. The van der Waals surface area contributed by atoms with E-state index in [1.54, 1.807) is 17.0 Å². The van der Waals surface area contributed by atoms with Crippen molar-refractivity contribution in [2.24, 2.45) is 4.99 Å². The maximum Gasteiger partial charge on any atom is 0.331 e. The first kappa shape index (κ1) is 15.6.